The average Bonchev–Trinajstić information content (AvgIpc) is 2.89. The first kappa shape index (κ1) is 23.7. The van der Waals surface area contributed by atoms with Crippen LogP contribution in [0.1, 0.15) is 17.2 Å². The van der Waals surface area contributed by atoms with E-state index in [1.54, 1.807) is 12.3 Å². The van der Waals surface area contributed by atoms with Crippen molar-refractivity contribution in [3.05, 3.63) is 95.3 Å². The van der Waals surface area contributed by atoms with Gasteiger partial charge in [0.25, 0.3) is 0 Å². The van der Waals surface area contributed by atoms with Crippen molar-refractivity contribution in [3.63, 3.8) is 0 Å². The second-order valence-electron chi connectivity index (χ2n) is 8.14. The molecule has 1 aliphatic heterocycles. The van der Waals surface area contributed by atoms with Gasteiger partial charge in [0, 0.05) is 62.4 Å². The fourth-order valence-corrected chi connectivity index (χ4v) is 4.33. The molecule has 1 aromatic heterocycles. The van der Waals surface area contributed by atoms with Gasteiger partial charge in [-0.15, -0.1) is 0 Å². The summed E-state index contributed by atoms with van der Waals surface area (Å²) in [5.41, 5.74) is 2.98. The van der Waals surface area contributed by atoms with Crippen LogP contribution in [0.2, 0.25) is 5.02 Å². The monoisotopic (exact) mass is 477 g/mol. The highest BCUT2D eigenvalue weighted by atomic mass is 35.5. The summed E-state index contributed by atoms with van der Waals surface area (Å²) in [6, 6.07) is 21.4. The molecule has 4 rings (SSSR count). The summed E-state index contributed by atoms with van der Waals surface area (Å²) in [5.74, 6) is -1.34. The standard InChI is InChI=1S/C26H28ClN5O2/c27-23-11-5-4-7-20(23)18-29-25(33)26(34)30-19-24(21-8-6-12-28-17-21)32-15-13-31(14-16-32)22-9-2-1-3-10-22/h1-12,17,24H,13-16,18-19H2,(H,29,33)(H,30,34)/t24-/m0/s1. The van der Waals surface area contributed by atoms with Crippen LogP contribution in [-0.2, 0) is 16.1 Å². The molecule has 2 N–H and O–H groups in total. The lowest BCUT2D eigenvalue weighted by Crippen LogP contribution is -2.50. The lowest BCUT2D eigenvalue weighted by Gasteiger charge is -2.40. The van der Waals surface area contributed by atoms with Crippen LogP contribution in [0, 0.1) is 0 Å². The van der Waals surface area contributed by atoms with E-state index in [2.05, 4.69) is 37.6 Å². The summed E-state index contributed by atoms with van der Waals surface area (Å²) < 4.78 is 0. The molecular formula is C26H28ClN5O2. The molecule has 34 heavy (non-hydrogen) atoms. The van der Waals surface area contributed by atoms with Gasteiger partial charge in [0.2, 0.25) is 0 Å². The SMILES string of the molecule is O=C(NCc1ccccc1Cl)C(=O)NC[C@@H](c1cccnc1)N1CCN(c2ccccc2)CC1. The summed E-state index contributed by atoms with van der Waals surface area (Å²) in [7, 11) is 0. The van der Waals surface area contributed by atoms with E-state index in [4.69, 9.17) is 11.6 Å². The highest BCUT2D eigenvalue weighted by Gasteiger charge is 2.26. The maximum atomic E-state index is 12.5. The molecule has 3 aromatic rings. The number of pyridine rings is 1. The molecule has 0 saturated carbocycles. The lowest BCUT2D eigenvalue weighted by atomic mass is 10.1. The number of anilines is 1. The number of nitrogens with zero attached hydrogens (tertiary/aromatic N) is 3. The smallest absolute Gasteiger partial charge is 0.309 e. The third-order valence-corrected chi connectivity index (χ3v) is 6.37. The fraction of sp³-hybridized carbons (Fsp3) is 0.269. The normalized spacial score (nSPS) is 14.9. The van der Waals surface area contributed by atoms with Gasteiger partial charge in [0.05, 0.1) is 6.04 Å². The molecule has 0 spiro atoms. The minimum Gasteiger partial charge on any atom is -0.369 e. The molecule has 0 unspecified atom stereocenters. The predicted octanol–water partition coefficient (Wildman–Crippen LogP) is 3.03. The Morgan fingerprint density at radius 3 is 2.29 bits per heavy atom. The highest BCUT2D eigenvalue weighted by Crippen LogP contribution is 2.23. The number of piperazine rings is 1. The Morgan fingerprint density at radius 1 is 0.882 bits per heavy atom. The summed E-state index contributed by atoms with van der Waals surface area (Å²) in [6.07, 6.45) is 3.55. The number of carbonyl (C=O) groups is 2. The minimum atomic E-state index is -0.682. The Bertz CT molecular complexity index is 1090. The molecule has 1 aliphatic rings. The van der Waals surface area contributed by atoms with Crippen LogP contribution < -0.4 is 15.5 Å². The Balaban J connectivity index is 1.35. The van der Waals surface area contributed by atoms with Crippen LogP contribution >= 0.6 is 11.6 Å². The first-order valence-corrected chi connectivity index (χ1v) is 11.7. The Kier molecular flexibility index (Phi) is 8.12. The highest BCUT2D eigenvalue weighted by molar-refractivity contribution is 6.35. The number of para-hydroxylation sites is 1. The quantitative estimate of drug-likeness (QED) is 0.511. The Hall–Kier alpha value is -3.42. The number of amides is 2. The first-order valence-electron chi connectivity index (χ1n) is 11.3. The molecule has 7 nitrogen and oxygen atoms in total. The van der Waals surface area contributed by atoms with Crippen LogP contribution in [0.15, 0.2) is 79.1 Å². The number of hydrogen-bond donors (Lipinski definition) is 2. The molecule has 0 bridgehead atoms. The number of nitrogens with one attached hydrogen (secondary N) is 2. The molecule has 1 fully saturated rings. The molecule has 2 heterocycles. The van der Waals surface area contributed by atoms with Crippen LogP contribution in [-0.4, -0.2) is 54.4 Å². The lowest BCUT2D eigenvalue weighted by molar-refractivity contribution is -0.139. The predicted molar refractivity (Wildman–Crippen MR) is 134 cm³/mol. The molecular weight excluding hydrogens is 450 g/mol. The van der Waals surface area contributed by atoms with Gasteiger partial charge in [-0.3, -0.25) is 19.5 Å². The van der Waals surface area contributed by atoms with E-state index in [-0.39, 0.29) is 12.6 Å². The maximum absolute atomic E-state index is 12.5. The number of halogens is 1. The molecule has 176 valence electrons. The average molecular weight is 478 g/mol. The Morgan fingerprint density at radius 2 is 1.59 bits per heavy atom. The third kappa shape index (κ3) is 6.12. The summed E-state index contributed by atoms with van der Waals surface area (Å²) >= 11 is 6.13. The van der Waals surface area contributed by atoms with E-state index < -0.39 is 11.8 Å². The van der Waals surface area contributed by atoms with Crippen LogP contribution in [0.4, 0.5) is 5.69 Å². The van der Waals surface area contributed by atoms with Crippen LogP contribution in [0.25, 0.3) is 0 Å². The van der Waals surface area contributed by atoms with Gasteiger partial charge in [-0.1, -0.05) is 54.1 Å². The number of hydrogen-bond acceptors (Lipinski definition) is 5. The topological polar surface area (TPSA) is 77.6 Å². The Labute approximate surface area is 204 Å². The third-order valence-electron chi connectivity index (χ3n) is 6.00. The van der Waals surface area contributed by atoms with Crippen molar-refractivity contribution in [3.8, 4) is 0 Å². The van der Waals surface area contributed by atoms with Gasteiger partial charge in [0.1, 0.15) is 0 Å². The fourth-order valence-electron chi connectivity index (χ4n) is 4.13. The summed E-state index contributed by atoms with van der Waals surface area (Å²) in [6.45, 7) is 3.95. The second-order valence-corrected chi connectivity index (χ2v) is 8.55. The van der Waals surface area contributed by atoms with E-state index in [1.807, 2.05) is 54.7 Å². The van der Waals surface area contributed by atoms with Crippen molar-refractivity contribution in [1.82, 2.24) is 20.5 Å². The number of benzene rings is 2. The van der Waals surface area contributed by atoms with Crippen LogP contribution in [0.5, 0.6) is 0 Å². The molecule has 1 saturated heterocycles. The molecule has 2 aromatic carbocycles. The van der Waals surface area contributed by atoms with Crippen molar-refractivity contribution >= 4 is 29.1 Å². The number of carbonyl (C=O) groups excluding carboxylic acids is 2. The number of rotatable bonds is 7. The van der Waals surface area contributed by atoms with Gasteiger partial charge in [-0.25, -0.2) is 0 Å². The van der Waals surface area contributed by atoms with E-state index in [9.17, 15) is 9.59 Å². The maximum Gasteiger partial charge on any atom is 0.309 e. The van der Waals surface area contributed by atoms with Gasteiger partial charge in [-0.2, -0.15) is 0 Å². The van der Waals surface area contributed by atoms with Crippen LogP contribution in [0.3, 0.4) is 0 Å². The largest absolute Gasteiger partial charge is 0.369 e. The van der Waals surface area contributed by atoms with E-state index >= 15 is 0 Å². The zero-order chi connectivity index (χ0) is 23.8. The molecule has 8 heteroatoms. The van der Waals surface area contributed by atoms with Crippen molar-refractivity contribution < 1.29 is 9.59 Å². The van der Waals surface area contributed by atoms with Gasteiger partial charge in [0.15, 0.2) is 0 Å². The van der Waals surface area contributed by atoms with Gasteiger partial charge >= 0.3 is 11.8 Å². The molecule has 2 amide bonds. The van der Waals surface area contributed by atoms with Gasteiger partial charge < -0.3 is 15.5 Å². The minimum absolute atomic E-state index is 0.0769. The summed E-state index contributed by atoms with van der Waals surface area (Å²) in [5, 5.41) is 5.99. The number of aromatic nitrogens is 1. The van der Waals surface area contributed by atoms with Crippen molar-refractivity contribution in [1.29, 1.82) is 0 Å². The van der Waals surface area contributed by atoms with E-state index in [0.29, 0.717) is 11.6 Å². The van der Waals surface area contributed by atoms with Crippen molar-refractivity contribution in [2.24, 2.45) is 0 Å². The first-order chi connectivity index (χ1) is 16.6. The zero-order valence-electron chi connectivity index (χ0n) is 18.9. The van der Waals surface area contributed by atoms with Crippen molar-refractivity contribution in [2.45, 2.75) is 12.6 Å². The second kappa shape index (κ2) is 11.6. The van der Waals surface area contributed by atoms with E-state index in [0.717, 1.165) is 37.3 Å². The van der Waals surface area contributed by atoms with Crippen molar-refractivity contribution in [2.75, 3.05) is 37.6 Å². The molecule has 1 atom stereocenters. The van der Waals surface area contributed by atoms with Gasteiger partial charge in [-0.05, 0) is 35.4 Å². The summed E-state index contributed by atoms with van der Waals surface area (Å²) in [4.78, 5) is 33.8. The molecule has 0 radical (unpaired) electrons. The van der Waals surface area contributed by atoms with E-state index in [1.165, 1.54) is 5.69 Å². The zero-order valence-corrected chi connectivity index (χ0v) is 19.6. The molecule has 0 aliphatic carbocycles.